The number of esters is 3. The van der Waals surface area contributed by atoms with Crippen molar-refractivity contribution >= 4 is 28.9 Å². The summed E-state index contributed by atoms with van der Waals surface area (Å²) in [5.74, 6) is -2.13. The Labute approximate surface area is 176 Å². The highest BCUT2D eigenvalue weighted by atomic mass is 16.6. The molecule has 0 amide bonds. The molecule has 0 aliphatic rings. The summed E-state index contributed by atoms with van der Waals surface area (Å²) in [4.78, 5) is 47.8. The van der Waals surface area contributed by atoms with Crippen LogP contribution in [-0.4, -0.2) is 25.0 Å². The second kappa shape index (κ2) is 8.70. The van der Waals surface area contributed by atoms with E-state index in [0.29, 0.717) is 11.3 Å². The molecular weight excluding hydrogens is 408 g/mol. The second-order valence-corrected chi connectivity index (χ2v) is 6.39. The van der Waals surface area contributed by atoms with Crippen molar-refractivity contribution in [3.05, 3.63) is 46.6 Å². The van der Waals surface area contributed by atoms with Crippen LogP contribution >= 0.6 is 0 Å². The molecule has 31 heavy (non-hydrogen) atoms. The van der Waals surface area contributed by atoms with Gasteiger partial charge in [-0.15, -0.1) is 0 Å². The van der Waals surface area contributed by atoms with Gasteiger partial charge in [0.15, 0.2) is 5.76 Å². The van der Waals surface area contributed by atoms with Crippen LogP contribution in [0.25, 0.3) is 22.3 Å². The van der Waals surface area contributed by atoms with E-state index in [2.05, 4.69) is 0 Å². The molecule has 0 spiro atoms. The van der Waals surface area contributed by atoms with Gasteiger partial charge < -0.3 is 23.4 Å². The molecule has 0 radical (unpaired) electrons. The molecule has 0 bridgehead atoms. The van der Waals surface area contributed by atoms with Crippen LogP contribution in [0.4, 0.5) is 0 Å². The SMILES string of the molecule is COc1ccc(-c2oc3cc(OC(C)=O)cc(OC(C)=O)c3c(=O)c2OC(C)=O)cc1. The standard InChI is InChI=1S/C22H18O9/c1-11(23)28-16-9-17(29-12(2)24)19-18(10-16)31-21(22(20(19)26)30-13(3)25)14-5-7-15(27-4)8-6-14/h5-10H,1-4H3. The van der Waals surface area contributed by atoms with Gasteiger partial charge in [0.1, 0.15) is 28.2 Å². The molecule has 0 aliphatic carbocycles. The van der Waals surface area contributed by atoms with E-state index in [0.717, 1.165) is 13.8 Å². The van der Waals surface area contributed by atoms with Crippen molar-refractivity contribution in [3.63, 3.8) is 0 Å². The van der Waals surface area contributed by atoms with Crippen LogP contribution in [-0.2, 0) is 14.4 Å². The van der Waals surface area contributed by atoms with E-state index in [1.54, 1.807) is 24.3 Å². The Kier molecular flexibility index (Phi) is 6.05. The monoisotopic (exact) mass is 426 g/mol. The number of hydrogen-bond acceptors (Lipinski definition) is 9. The van der Waals surface area contributed by atoms with E-state index >= 15 is 0 Å². The van der Waals surface area contributed by atoms with Gasteiger partial charge in [0.05, 0.1) is 7.11 Å². The van der Waals surface area contributed by atoms with E-state index < -0.39 is 23.3 Å². The third kappa shape index (κ3) is 4.72. The van der Waals surface area contributed by atoms with Crippen LogP contribution in [0.15, 0.2) is 45.6 Å². The predicted octanol–water partition coefficient (Wildman–Crippen LogP) is 3.24. The maximum atomic E-state index is 13.3. The highest BCUT2D eigenvalue weighted by Crippen LogP contribution is 2.37. The molecule has 2 aromatic carbocycles. The molecule has 0 atom stereocenters. The molecule has 3 rings (SSSR count). The zero-order valence-electron chi connectivity index (χ0n) is 17.1. The smallest absolute Gasteiger partial charge is 0.308 e. The molecule has 0 N–H and O–H groups in total. The van der Waals surface area contributed by atoms with Crippen molar-refractivity contribution in [2.45, 2.75) is 20.8 Å². The first-order valence-corrected chi connectivity index (χ1v) is 9.04. The molecule has 3 aromatic rings. The minimum atomic E-state index is -0.744. The van der Waals surface area contributed by atoms with E-state index in [9.17, 15) is 19.2 Å². The Hall–Kier alpha value is -4.14. The van der Waals surface area contributed by atoms with Crippen molar-refractivity contribution < 1.29 is 37.7 Å². The number of benzene rings is 2. The summed E-state index contributed by atoms with van der Waals surface area (Å²) in [7, 11) is 1.50. The minimum absolute atomic E-state index is 0.000294. The van der Waals surface area contributed by atoms with Crippen LogP contribution in [0.5, 0.6) is 23.0 Å². The molecule has 1 aromatic heterocycles. The predicted molar refractivity (Wildman–Crippen MR) is 108 cm³/mol. The third-order valence-corrected chi connectivity index (χ3v) is 4.00. The number of rotatable bonds is 5. The summed E-state index contributed by atoms with van der Waals surface area (Å²) >= 11 is 0. The average Bonchev–Trinajstić information content (AvgIpc) is 2.68. The van der Waals surface area contributed by atoms with Gasteiger partial charge in [-0.05, 0) is 24.3 Å². The second-order valence-electron chi connectivity index (χ2n) is 6.39. The third-order valence-electron chi connectivity index (χ3n) is 4.00. The fourth-order valence-electron chi connectivity index (χ4n) is 2.87. The summed E-state index contributed by atoms with van der Waals surface area (Å²) in [5, 5.41) is -0.153. The Balaban J connectivity index is 2.36. The van der Waals surface area contributed by atoms with Gasteiger partial charge in [-0.25, -0.2) is 0 Å². The Bertz CT molecular complexity index is 1240. The average molecular weight is 426 g/mol. The van der Waals surface area contributed by atoms with Gasteiger partial charge in [-0.1, -0.05) is 0 Å². The maximum Gasteiger partial charge on any atom is 0.308 e. The van der Waals surface area contributed by atoms with E-state index in [1.807, 2.05) is 0 Å². The molecule has 0 fully saturated rings. The lowest BCUT2D eigenvalue weighted by Crippen LogP contribution is -2.15. The molecule has 1 heterocycles. The Morgan fingerprint density at radius 3 is 1.97 bits per heavy atom. The van der Waals surface area contributed by atoms with Gasteiger partial charge >= 0.3 is 17.9 Å². The summed E-state index contributed by atoms with van der Waals surface area (Å²) in [6, 6.07) is 8.99. The quantitative estimate of drug-likeness (QED) is 0.447. The number of methoxy groups -OCH3 is 1. The van der Waals surface area contributed by atoms with Gasteiger partial charge in [-0.3, -0.25) is 19.2 Å². The van der Waals surface area contributed by atoms with E-state index in [-0.39, 0.29) is 34.0 Å². The van der Waals surface area contributed by atoms with Crippen LogP contribution in [0, 0.1) is 0 Å². The normalized spacial score (nSPS) is 10.5. The maximum absolute atomic E-state index is 13.3. The molecule has 9 heteroatoms. The van der Waals surface area contributed by atoms with Crippen molar-refractivity contribution in [1.82, 2.24) is 0 Å². The first kappa shape index (κ1) is 21.6. The lowest BCUT2D eigenvalue weighted by atomic mass is 10.1. The van der Waals surface area contributed by atoms with E-state index in [1.165, 1.54) is 26.2 Å². The van der Waals surface area contributed by atoms with Crippen molar-refractivity contribution in [3.8, 4) is 34.3 Å². The molecule has 0 unspecified atom stereocenters. The number of ether oxygens (including phenoxy) is 4. The number of hydrogen-bond donors (Lipinski definition) is 0. The molecule has 0 aliphatic heterocycles. The molecule has 0 saturated carbocycles. The number of carbonyl (C=O) groups excluding carboxylic acids is 3. The zero-order valence-corrected chi connectivity index (χ0v) is 17.1. The number of carbonyl (C=O) groups is 3. The van der Waals surface area contributed by atoms with Crippen LogP contribution < -0.4 is 24.4 Å². The molecule has 0 saturated heterocycles. The van der Waals surface area contributed by atoms with Gasteiger partial charge in [0.25, 0.3) is 0 Å². The summed E-state index contributed by atoms with van der Waals surface area (Å²) in [5.41, 5.74) is -0.363. The largest absolute Gasteiger partial charge is 0.497 e. The van der Waals surface area contributed by atoms with Crippen LogP contribution in [0.1, 0.15) is 20.8 Å². The fourth-order valence-corrected chi connectivity index (χ4v) is 2.87. The van der Waals surface area contributed by atoms with Gasteiger partial charge in [0.2, 0.25) is 11.2 Å². The van der Waals surface area contributed by atoms with Gasteiger partial charge in [0, 0.05) is 38.5 Å². The van der Waals surface area contributed by atoms with Crippen molar-refractivity contribution in [2.24, 2.45) is 0 Å². The highest BCUT2D eigenvalue weighted by molar-refractivity contribution is 5.91. The summed E-state index contributed by atoms with van der Waals surface area (Å²) in [6.07, 6.45) is 0. The van der Waals surface area contributed by atoms with Crippen molar-refractivity contribution in [1.29, 1.82) is 0 Å². The Morgan fingerprint density at radius 1 is 0.806 bits per heavy atom. The Morgan fingerprint density at radius 2 is 1.42 bits per heavy atom. The topological polar surface area (TPSA) is 118 Å². The summed E-state index contributed by atoms with van der Waals surface area (Å²) < 4.78 is 26.3. The number of fused-ring (bicyclic) bond motifs is 1. The van der Waals surface area contributed by atoms with Gasteiger partial charge in [-0.2, -0.15) is 0 Å². The first-order valence-electron chi connectivity index (χ1n) is 9.04. The molecule has 160 valence electrons. The van der Waals surface area contributed by atoms with Crippen molar-refractivity contribution in [2.75, 3.05) is 7.11 Å². The lowest BCUT2D eigenvalue weighted by Gasteiger charge is -2.13. The fraction of sp³-hybridized carbons (Fsp3) is 0.182. The molecule has 9 nitrogen and oxygen atoms in total. The minimum Gasteiger partial charge on any atom is -0.497 e. The zero-order chi connectivity index (χ0) is 22.7. The summed E-state index contributed by atoms with van der Waals surface area (Å²) in [6.45, 7) is 3.47. The highest BCUT2D eigenvalue weighted by Gasteiger charge is 2.23. The van der Waals surface area contributed by atoms with Crippen LogP contribution in [0.3, 0.4) is 0 Å². The van der Waals surface area contributed by atoms with E-state index in [4.69, 9.17) is 23.4 Å². The van der Waals surface area contributed by atoms with Crippen LogP contribution in [0.2, 0.25) is 0 Å². The first-order chi connectivity index (χ1) is 14.7. The lowest BCUT2D eigenvalue weighted by molar-refractivity contribution is -0.133. The molecular formula is C22H18O9.